The SMILES string of the molecule is CCCc1cc(=O)oc2c3c(c4c(c12)OC(C)(C)C=C4)O[C@@H](C)[C@H](C)[C@@H]3O.Nc1ccn([C@@H]2CS[C@H](CO)O2)c(=O)n1. The Hall–Kier alpha value is -3.32. The molecule has 42 heavy (non-hydrogen) atoms. The van der Waals surface area contributed by atoms with Crippen molar-refractivity contribution in [3.63, 3.8) is 0 Å². The molecule has 0 spiro atoms. The summed E-state index contributed by atoms with van der Waals surface area (Å²) in [6.45, 7) is 9.85. The Morgan fingerprint density at radius 2 is 2.00 bits per heavy atom. The molecule has 1 saturated heterocycles. The van der Waals surface area contributed by atoms with Crippen molar-refractivity contribution in [1.29, 1.82) is 0 Å². The number of aromatic nitrogens is 2. The molecule has 6 rings (SSSR count). The third-order valence-electron chi connectivity index (χ3n) is 7.67. The lowest BCUT2D eigenvalue weighted by atomic mass is 9.85. The summed E-state index contributed by atoms with van der Waals surface area (Å²) in [6, 6.07) is 3.08. The Balaban J connectivity index is 0.000000199. The van der Waals surface area contributed by atoms with Crippen LogP contribution in [0.1, 0.15) is 70.1 Å². The van der Waals surface area contributed by atoms with Crippen molar-refractivity contribution < 1.29 is 28.8 Å². The quantitative estimate of drug-likeness (QED) is 0.375. The Bertz CT molecular complexity index is 1630. The highest BCUT2D eigenvalue weighted by atomic mass is 32.2. The third-order valence-corrected chi connectivity index (χ3v) is 8.78. The number of aliphatic hydroxyl groups excluding tert-OH is 2. The van der Waals surface area contributed by atoms with Crippen molar-refractivity contribution >= 4 is 34.6 Å². The van der Waals surface area contributed by atoms with E-state index in [1.54, 1.807) is 12.3 Å². The van der Waals surface area contributed by atoms with Crippen LogP contribution in [0.15, 0.2) is 38.4 Å². The third kappa shape index (κ3) is 5.68. The Labute approximate surface area is 247 Å². The van der Waals surface area contributed by atoms with Crippen LogP contribution in [0.2, 0.25) is 0 Å². The molecule has 4 N–H and O–H groups in total. The van der Waals surface area contributed by atoms with Gasteiger partial charge in [-0.1, -0.05) is 20.3 Å². The van der Waals surface area contributed by atoms with Gasteiger partial charge in [-0.25, -0.2) is 9.59 Å². The molecule has 0 unspecified atom stereocenters. The number of anilines is 1. The summed E-state index contributed by atoms with van der Waals surface area (Å²) in [4.78, 5) is 27.3. The minimum Gasteiger partial charge on any atom is -0.489 e. The average Bonchev–Trinajstić information content (AvgIpc) is 3.40. The Kier molecular flexibility index (Phi) is 8.44. The number of thioether (sulfide) groups is 1. The summed E-state index contributed by atoms with van der Waals surface area (Å²) in [6.07, 6.45) is 5.83. The molecule has 11 nitrogen and oxygen atoms in total. The van der Waals surface area contributed by atoms with Crippen LogP contribution >= 0.6 is 11.8 Å². The zero-order chi connectivity index (χ0) is 30.3. The van der Waals surface area contributed by atoms with Crippen LogP contribution in [-0.2, 0) is 11.2 Å². The molecule has 5 atom stereocenters. The molecule has 2 aromatic heterocycles. The van der Waals surface area contributed by atoms with Crippen molar-refractivity contribution in [2.75, 3.05) is 18.1 Å². The van der Waals surface area contributed by atoms with Gasteiger partial charge >= 0.3 is 11.3 Å². The summed E-state index contributed by atoms with van der Waals surface area (Å²) < 4.78 is 24.9. The molecule has 1 fully saturated rings. The van der Waals surface area contributed by atoms with Crippen LogP contribution in [0.25, 0.3) is 17.0 Å². The van der Waals surface area contributed by atoms with E-state index in [0.29, 0.717) is 28.4 Å². The first-order valence-corrected chi connectivity index (χ1v) is 15.1. The number of benzene rings is 1. The summed E-state index contributed by atoms with van der Waals surface area (Å²) in [7, 11) is 0. The molecule has 3 aliphatic heterocycles. The predicted molar refractivity (Wildman–Crippen MR) is 161 cm³/mol. The fraction of sp³-hybridized carbons (Fsp3) is 0.500. The molecule has 3 aromatic rings. The normalized spacial score (nSPS) is 25.5. The lowest BCUT2D eigenvalue weighted by Gasteiger charge is -2.37. The minimum atomic E-state index is -0.778. The number of hydrogen-bond donors (Lipinski definition) is 3. The van der Waals surface area contributed by atoms with Crippen LogP contribution in [0.5, 0.6) is 11.5 Å². The first kappa shape index (κ1) is 30.1. The van der Waals surface area contributed by atoms with E-state index in [1.165, 1.54) is 22.4 Å². The van der Waals surface area contributed by atoms with E-state index in [1.807, 2.05) is 39.8 Å². The average molecular weight is 600 g/mol. The van der Waals surface area contributed by atoms with Crippen molar-refractivity contribution in [2.24, 2.45) is 5.92 Å². The molecular weight excluding hydrogens is 562 g/mol. The van der Waals surface area contributed by atoms with Gasteiger partial charge in [0.15, 0.2) is 5.58 Å². The summed E-state index contributed by atoms with van der Waals surface area (Å²) in [5.41, 5.74) is 6.40. The van der Waals surface area contributed by atoms with Crippen molar-refractivity contribution in [2.45, 2.75) is 76.9 Å². The maximum atomic E-state index is 12.3. The number of nitrogens with zero attached hydrogens (tertiary/aromatic N) is 2. The van der Waals surface area contributed by atoms with Crippen LogP contribution in [0, 0.1) is 5.92 Å². The highest BCUT2D eigenvalue weighted by molar-refractivity contribution is 8.00. The zero-order valence-electron chi connectivity index (χ0n) is 24.3. The van der Waals surface area contributed by atoms with E-state index < -0.39 is 23.0 Å². The van der Waals surface area contributed by atoms with Gasteiger partial charge in [0.05, 0.1) is 29.2 Å². The summed E-state index contributed by atoms with van der Waals surface area (Å²) >= 11 is 1.47. The second-order valence-electron chi connectivity index (χ2n) is 11.3. The van der Waals surface area contributed by atoms with Gasteiger partial charge in [-0.2, -0.15) is 4.98 Å². The number of nitrogens with two attached hydrogens (primary N) is 1. The van der Waals surface area contributed by atoms with Gasteiger partial charge in [-0.3, -0.25) is 4.57 Å². The van der Waals surface area contributed by atoms with E-state index in [2.05, 4.69) is 11.9 Å². The molecule has 5 heterocycles. The predicted octanol–water partition coefficient (Wildman–Crippen LogP) is 3.79. The summed E-state index contributed by atoms with van der Waals surface area (Å²) in [5.74, 6) is 1.91. The topological polar surface area (TPSA) is 159 Å². The van der Waals surface area contributed by atoms with Crippen LogP contribution in [-0.4, -0.2) is 49.3 Å². The van der Waals surface area contributed by atoms with Crippen LogP contribution in [0.3, 0.4) is 0 Å². The van der Waals surface area contributed by atoms with Crippen LogP contribution < -0.4 is 26.5 Å². The number of hydrogen-bond acceptors (Lipinski definition) is 11. The minimum absolute atomic E-state index is 0.0572. The number of nitrogen functional groups attached to an aromatic ring is 1. The molecule has 3 aliphatic rings. The smallest absolute Gasteiger partial charge is 0.351 e. The number of rotatable bonds is 4. The molecule has 226 valence electrons. The second kappa shape index (κ2) is 11.8. The highest BCUT2D eigenvalue weighted by Gasteiger charge is 2.39. The Morgan fingerprint density at radius 3 is 2.67 bits per heavy atom. The van der Waals surface area contributed by atoms with Gasteiger partial charge in [-0.15, -0.1) is 11.8 Å². The number of aliphatic hydroxyl groups is 2. The fourth-order valence-corrected chi connectivity index (χ4v) is 6.24. The maximum absolute atomic E-state index is 12.3. The Morgan fingerprint density at radius 1 is 1.24 bits per heavy atom. The van der Waals surface area contributed by atoms with Crippen molar-refractivity contribution in [3.8, 4) is 11.5 Å². The summed E-state index contributed by atoms with van der Waals surface area (Å²) in [5, 5.41) is 20.7. The van der Waals surface area contributed by atoms with Gasteiger partial charge in [0.1, 0.15) is 40.7 Å². The monoisotopic (exact) mass is 599 g/mol. The number of fused-ring (bicyclic) bond motifs is 6. The van der Waals surface area contributed by atoms with Crippen molar-refractivity contribution in [3.05, 3.63) is 62.0 Å². The highest BCUT2D eigenvalue weighted by Crippen LogP contribution is 2.52. The van der Waals surface area contributed by atoms with E-state index in [-0.39, 0.29) is 36.1 Å². The molecule has 0 aliphatic carbocycles. The molecule has 12 heteroatoms. The molecule has 0 bridgehead atoms. The van der Waals surface area contributed by atoms with Gasteiger partial charge in [0.2, 0.25) is 0 Å². The van der Waals surface area contributed by atoms with Gasteiger partial charge < -0.3 is 34.6 Å². The van der Waals surface area contributed by atoms with Gasteiger partial charge in [-0.05, 0) is 51.0 Å². The lowest BCUT2D eigenvalue weighted by Crippen LogP contribution is -2.34. The van der Waals surface area contributed by atoms with Crippen molar-refractivity contribution in [1.82, 2.24) is 9.55 Å². The molecule has 0 amide bonds. The van der Waals surface area contributed by atoms with Gasteiger partial charge in [0.25, 0.3) is 0 Å². The van der Waals surface area contributed by atoms with E-state index in [0.717, 1.165) is 29.4 Å². The number of ether oxygens (including phenoxy) is 3. The van der Waals surface area contributed by atoms with Gasteiger partial charge in [0, 0.05) is 23.9 Å². The van der Waals surface area contributed by atoms with Crippen LogP contribution in [0.4, 0.5) is 5.82 Å². The number of aryl methyl sites for hydroxylation is 1. The second-order valence-corrected chi connectivity index (χ2v) is 12.5. The fourth-order valence-electron chi connectivity index (χ4n) is 5.31. The standard InChI is InChI=1S/C22H26O5.C8H11N3O3S/c1-6-7-13-10-15(23)26-21-16(13)20-14(8-9-22(4,5)27-20)19-17(21)18(24)11(2)12(3)25-19;9-5-1-2-11(8(13)10-5)6-4-15-7(3-12)14-6/h8-12,18,24H,6-7H2,1-5H3;1-2,6-7,12H,3-4H2,(H2,9,10,13)/t11-,12-,18-;6-,7+/m00/s1. The first-order valence-electron chi connectivity index (χ1n) is 14.1. The largest absolute Gasteiger partial charge is 0.489 e. The lowest BCUT2D eigenvalue weighted by molar-refractivity contribution is -0.00629. The maximum Gasteiger partial charge on any atom is 0.351 e. The molecule has 0 radical (unpaired) electrons. The van der Waals surface area contributed by atoms with E-state index >= 15 is 0 Å². The zero-order valence-corrected chi connectivity index (χ0v) is 25.1. The molecular formula is C30H37N3O8S. The first-order chi connectivity index (χ1) is 19.9. The van der Waals surface area contributed by atoms with E-state index in [4.69, 9.17) is 29.5 Å². The molecule has 0 saturated carbocycles. The molecule has 1 aromatic carbocycles. The van der Waals surface area contributed by atoms with E-state index in [9.17, 15) is 14.7 Å².